The molecule has 8 heteroatoms. The number of carbonyl (C=O) groups is 2. The molecule has 0 aromatic carbocycles. The van der Waals surface area contributed by atoms with Crippen LogP contribution in [0.25, 0.3) is 0 Å². The third kappa shape index (κ3) is 3.21. The second-order valence-electron chi connectivity index (χ2n) is 6.55. The van der Waals surface area contributed by atoms with Crippen molar-refractivity contribution in [2.24, 2.45) is 5.92 Å². The highest BCUT2D eigenvalue weighted by Gasteiger charge is 2.40. The van der Waals surface area contributed by atoms with E-state index >= 15 is 0 Å². The van der Waals surface area contributed by atoms with Gasteiger partial charge in [0, 0.05) is 16.8 Å². The fourth-order valence-electron chi connectivity index (χ4n) is 3.39. The summed E-state index contributed by atoms with van der Waals surface area (Å²) in [5, 5.41) is 1.85. The number of esters is 1. The summed E-state index contributed by atoms with van der Waals surface area (Å²) in [6.45, 7) is 2.23. The fourth-order valence-corrected chi connectivity index (χ4v) is 6.07. The Morgan fingerprint density at radius 3 is 2.83 bits per heavy atom. The van der Waals surface area contributed by atoms with Crippen molar-refractivity contribution >= 4 is 33.1 Å². The molecule has 0 bridgehead atoms. The zero-order chi connectivity index (χ0) is 17.5. The van der Waals surface area contributed by atoms with Gasteiger partial charge in [0.2, 0.25) is 0 Å². The molecule has 1 aliphatic heterocycles. The van der Waals surface area contributed by atoms with Crippen molar-refractivity contribution in [3.8, 4) is 0 Å². The number of ether oxygens (including phenoxy) is 1. The van der Waals surface area contributed by atoms with Crippen LogP contribution in [0.4, 0.5) is 0 Å². The maximum Gasteiger partial charge on any atom is 0.329 e. The lowest BCUT2D eigenvalue weighted by Gasteiger charge is -2.33. The molecule has 2 heterocycles. The van der Waals surface area contributed by atoms with Gasteiger partial charge in [0.15, 0.2) is 9.84 Å². The number of hydrogen-bond donors (Lipinski definition) is 0. The van der Waals surface area contributed by atoms with Gasteiger partial charge in [-0.25, -0.2) is 13.2 Å². The Morgan fingerprint density at radius 1 is 1.38 bits per heavy atom. The number of fused-ring (bicyclic) bond motifs is 1. The molecule has 6 nitrogen and oxygen atoms in total. The number of hydrogen-bond acceptors (Lipinski definition) is 6. The van der Waals surface area contributed by atoms with Gasteiger partial charge in [0.05, 0.1) is 24.2 Å². The van der Waals surface area contributed by atoms with E-state index in [1.807, 2.05) is 5.38 Å². The Morgan fingerprint density at radius 2 is 2.12 bits per heavy atom. The molecule has 0 spiro atoms. The van der Waals surface area contributed by atoms with Gasteiger partial charge in [0.1, 0.15) is 6.04 Å². The van der Waals surface area contributed by atoms with Crippen molar-refractivity contribution in [3.63, 3.8) is 0 Å². The van der Waals surface area contributed by atoms with E-state index in [1.54, 1.807) is 11.3 Å². The number of thiophene rings is 1. The first kappa shape index (κ1) is 17.4. The maximum atomic E-state index is 13.0. The quantitative estimate of drug-likeness (QED) is 0.732. The van der Waals surface area contributed by atoms with Crippen LogP contribution in [0.1, 0.15) is 34.1 Å². The summed E-state index contributed by atoms with van der Waals surface area (Å²) in [6, 6.07) is -1.06. The van der Waals surface area contributed by atoms with Crippen LogP contribution in [0.3, 0.4) is 0 Å². The summed E-state index contributed by atoms with van der Waals surface area (Å²) in [4.78, 5) is 27.6. The molecule has 2 atom stereocenters. The molecule has 24 heavy (non-hydrogen) atoms. The fraction of sp³-hybridized carbons (Fsp3) is 0.625. The Bertz CT molecular complexity index is 767. The van der Waals surface area contributed by atoms with Crippen molar-refractivity contribution in [2.45, 2.75) is 32.2 Å². The summed E-state index contributed by atoms with van der Waals surface area (Å²) >= 11 is 1.58. The predicted molar refractivity (Wildman–Crippen MR) is 91.0 cm³/mol. The van der Waals surface area contributed by atoms with Crippen LogP contribution in [0.2, 0.25) is 0 Å². The molecule has 1 aliphatic carbocycles. The highest BCUT2D eigenvalue weighted by Crippen LogP contribution is 2.34. The van der Waals surface area contributed by atoms with Crippen LogP contribution in [0.15, 0.2) is 5.38 Å². The minimum absolute atomic E-state index is 0.0297. The van der Waals surface area contributed by atoms with E-state index < -0.39 is 21.8 Å². The lowest BCUT2D eigenvalue weighted by atomic mass is 9.88. The summed E-state index contributed by atoms with van der Waals surface area (Å²) in [5.74, 6) is -0.802. The number of amides is 1. The molecule has 2 unspecified atom stereocenters. The van der Waals surface area contributed by atoms with Gasteiger partial charge in [-0.3, -0.25) is 4.79 Å². The standard InChI is InChI=1S/C16H21NO5S2/c1-10-3-4-11-12(8-23-14(11)7-10)15(18)17-5-6-24(20,21)9-13(17)16(19)22-2/h8,10,13H,3-7,9H2,1-2H3. The summed E-state index contributed by atoms with van der Waals surface area (Å²) in [6.07, 6.45) is 2.87. The number of carbonyl (C=O) groups excluding carboxylic acids is 2. The van der Waals surface area contributed by atoms with Crippen molar-refractivity contribution in [3.05, 3.63) is 21.4 Å². The lowest BCUT2D eigenvalue weighted by molar-refractivity contribution is -0.145. The van der Waals surface area contributed by atoms with Crippen LogP contribution in [-0.4, -0.2) is 56.4 Å². The first-order valence-electron chi connectivity index (χ1n) is 8.01. The number of sulfone groups is 1. The van der Waals surface area contributed by atoms with Gasteiger partial charge in [-0.2, -0.15) is 0 Å². The van der Waals surface area contributed by atoms with Crippen molar-refractivity contribution in [1.82, 2.24) is 4.90 Å². The molecule has 0 N–H and O–H groups in total. The van der Waals surface area contributed by atoms with Gasteiger partial charge < -0.3 is 9.64 Å². The highest BCUT2D eigenvalue weighted by molar-refractivity contribution is 7.91. The van der Waals surface area contributed by atoms with Crippen molar-refractivity contribution < 1.29 is 22.7 Å². The van der Waals surface area contributed by atoms with Gasteiger partial charge in [0.25, 0.3) is 5.91 Å². The second kappa shape index (κ2) is 6.48. The van der Waals surface area contributed by atoms with Crippen LogP contribution >= 0.6 is 11.3 Å². The molecule has 1 amide bonds. The Kier molecular flexibility index (Phi) is 4.70. The SMILES string of the molecule is COC(=O)C1CS(=O)(=O)CCN1C(=O)c1csc2c1CCC(C)C2. The summed E-state index contributed by atoms with van der Waals surface area (Å²) < 4.78 is 28.4. The van der Waals surface area contributed by atoms with Gasteiger partial charge in [-0.1, -0.05) is 6.92 Å². The van der Waals surface area contributed by atoms with Crippen LogP contribution in [0, 0.1) is 5.92 Å². The molecule has 0 radical (unpaired) electrons. The maximum absolute atomic E-state index is 13.0. The third-order valence-corrected chi connectivity index (χ3v) is 7.48. The molecule has 1 fully saturated rings. The van der Waals surface area contributed by atoms with Crippen LogP contribution in [-0.2, 0) is 32.2 Å². The molecular weight excluding hydrogens is 350 g/mol. The Labute approximate surface area is 145 Å². The smallest absolute Gasteiger partial charge is 0.329 e. The van der Waals surface area contributed by atoms with Gasteiger partial charge >= 0.3 is 5.97 Å². The number of methoxy groups -OCH3 is 1. The van der Waals surface area contributed by atoms with Gasteiger partial charge in [-0.15, -0.1) is 11.3 Å². The minimum atomic E-state index is -3.34. The Hall–Kier alpha value is -1.41. The first-order valence-corrected chi connectivity index (χ1v) is 10.7. The monoisotopic (exact) mass is 371 g/mol. The molecular formula is C16H21NO5S2. The molecule has 3 rings (SSSR count). The average molecular weight is 371 g/mol. The summed E-state index contributed by atoms with van der Waals surface area (Å²) in [7, 11) is -2.13. The van der Waals surface area contributed by atoms with Gasteiger partial charge in [-0.05, 0) is 30.7 Å². The lowest BCUT2D eigenvalue weighted by Crippen LogP contribution is -2.55. The number of nitrogens with zero attached hydrogens (tertiary/aromatic N) is 1. The van der Waals surface area contributed by atoms with E-state index in [0.717, 1.165) is 24.8 Å². The molecule has 0 saturated carbocycles. The van der Waals surface area contributed by atoms with E-state index in [0.29, 0.717) is 11.5 Å². The Balaban J connectivity index is 1.90. The van der Waals surface area contributed by atoms with Crippen LogP contribution in [0.5, 0.6) is 0 Å². The predicted octanol–water partition coefficient (Wildman–Crippen LogP) is 1.29. The van der Waals surface area contributed by atoms with E-state index in [9.17, 15) is 18.0 Å². The molecule has 1 saturated heterocycles. The summed E-state index contributed by atoms with van der Waals surface area (Å²) in [5.41, 5.74) is 1.69. The molecule has 132 valence electrons. The largest absolute Gasteiger partial charge is 0.467 e. The van der Waals surface area contributed by atoms with E-state index in [4.69, 9.17) is 4.74 Å². The van der Waals surface area contributed by atoms with E-state index in [2.05, 4.69) is 6.92 Å². The molecule has 2 aliphatic rings. The average Bonchev–Trinajstić information content (AvgIpc) is 2.95. The zero-order valence-electron chi connectivity index (χ0n) is 13.8. The second-order valence-corrected chi connectivity index (χ2v) is 9.74. The topological polar surface area (TPSA) is 80.8 Å². The highest BCUT2D eigenvalue weighted by atomic mass is 32.2. The zero-order valence-corrected chi connectivity index (χ0v) is 15.4. The van der Waals surface area contributed by atoms with Crippen molar-refractivity contribution in [2.75, 3.05) is 25.2 Å². The first-order chi connectivity index (χ1) is 11.3. The minimum Gasteiger partial charge on any atom is -0.467 e. The van der Waals surface area contributed by atoms with E-state index in [1.165, 1.54) is 16.9 Å². The molecule has 1 aromatic heterocycles. The number of rotatable bonds is 2. The van der Waals surface area contributed by atoms with E-state index in [-0.39, 0.29) is 24.0 Å². The van der Waals surface area contributed by atoms with Crippen LogP contribution < -0.4 is 0 Å². The molecule has 1 aromatic rings. The third-order valence-electron chi connectivity index (χ3n) is 4.80. The normalized spacial score (nSPS) is 25.8. The van der Waals surface area contributed by atoms with Crippen molar-refractivity contribution in [1.29, 1.82) is 0 Å².